The van der Waals surface area contributed by atoms with E-state index in [1.807, 2.05) is 0 Å². The molecule has 0 N–H and O–H groups in total. The molecule has 0 aliphatic heterocycles. The van der Waals surface area contributed by atoms with Crippen LogP contribution in [0, 0.1) is 23.7 Å². The fourth-order valence-electron chi connectivity index (χ4n) is 3.72. The molecule has 0 heterocycles. The van der Waals surface area contributed by atoms with Gasteiger partial charge in [-0.15, -0.1) is 0 Å². The Morgan fingerprint density at radius 2 is 1.75 bits per heavy atom. The van der Waals surface area contributed by atoms with E-state index in [-0.39, 0.29) is 0 Å². The predicted molar refractivity (Wildman–Crippen MR) is 73.6 cm³/mol. The van der Waals surface area contributed by atoms with Crippen LogP contribution in [-0.2, 0) is 0 Å². The van der Waals surface area contributed by atoms with Crippen molar-refractivity contribution in [3.63, 3.8) is 0 Å². The van der Waals surface area contributed by atoms with Gasteiger partial charge in [-0.1, -0.05) is 66.2 Å². The molecular formula is C16H32. The zero-order valence-corrected chi connectivity index (χ0v) is 12.0. The van der Waals surface area contributed by atoms with Gasteiger partial charge < -0.3 is 0 Å². The van der Waals surface area contributed by atoms with Crippen LogP contribution in [0.5, 0.6) is 0 Å². The predicted octanol–water partition coefficient (Wildman–Crippen LogP) is 5.67. The first kappa shape index (κ1) is 14.1. The van der Waals surface area contributed by atoms with Gasteiger partial charge in [-0.3, -0.25) is 0 Å². The Bertz CT molecular complexity index is 171. The molecule has 0 heteroatoms. The molecule has 0 radical (unpaired) electrons. The lowest BCUT2D eigenvalue weighted by molar-refractivity contribution is 0.123. The van der Waals surface area contributed by atoms with Crippen molar-refractivity contribution in [1.82, 2.24) is 0 Å². The molecule has 1 aliphatic carbocycles. The van der Waals surface area contributed by atoms with Crippen molar-refractivity contribution in [2.24, 2.45) is 23.7 Å². The maximum absolute atomic E-state index is 2.43. The quantitative estimate of drug-likeness (QED) is 0.545. The van der Waals surface area contributed by atoms with Gasteiger partial charge in [-0.05, 0) is 36.5 Å². The molecule has 0 aromatic carbocycles. The summed E-state index contributed by atoms with van der Waals surface area (Å²) in [7, 11) is 0. The molecule has 0 bridgehead atoms. The highest BCUT2D eigenvalue weighted by molar-refractivity contribution is 4.81. The van der Waals surface area contributed by atoms with E-state index in [9.17, 15) is 0 Å². The van der Waals surface area contributed by atoms with Gasteiger partial charge in [0.15, 0.2) is 0 Å². The Labute approximate surface area is 103 Å². The summed E-state index contributed by atoms with van der Waals surface area (Å²) in [4.78, 5) is 0. The minimum atomic E-state index is 0.906. The fraction of sp³-hybridized carbons (Fsp3) is 1.00. The zero-order chi connectivity index (χ0) is 12.0. The Kier molecular flexibility index (Phi) is 6.46. The summed E-state index contributed by atoms with van der Waals surface area (Å²) in [6, 6.07) is 0. The van der Waals surface area contributed by atoms with Gasteiger partial charge in [0.05, 0.1) is 0 Å². The molecule has 3 atom stereocenters. The maximum atomic E-state index is 2.43. The highest BCUT2D eigenvalue weighted by Gasteiger charge is 2.31. The van der Waals surface area contributed by atoms with Gasteiger partial charge in [0.1, 0.15) is 0 Å². The third-order valence-corrected chi connectivity index (χ3v) is 4.63. The molecule has 1 saturated carbocycles. The summed E-state index contributed by atoms with van der Waals surface area (Å²) < 4.78 is 0. The third-order valence-electron chi connectivity index (χ3n) is 4.63. The van der Waals surface area contributed by atoms with Crippen LogP contribution in [0.3, 0.4) is 0 Å². The number of rotatable bonds is 6. The average Bonchev–Trinajstić information content (AvgIpc) is 2.26. The minimum absolute atomic E-state index is 0.906. The molecule has 0 nitrogen and oxygen atoms in total. The smallest absolute Gasteiger partial charge is 0.0362 e. The molecule has 0 aromatic rings. The van der Waals surface area contributed by atoms with Crippen LogP contribution in [-0.4, -0.2) is 0 Å². The van der Waals surface area contributed by atoms with Gasteiger partial charge >= 0.3 is 0 Å². The van der Waals surface area contributed by atoms with E-state index in [4.69, 9.17) is 0 Å². The van der Waals surface area contributed by atoms with Crippen molar-refractivity contribution in [3.05, 3.63) is 0 Å². The van der Waals surface area contributed by atoms with Crippen molar-refractivity contribution < 1.29 is 0 Å². The Morgan fingerprint density at radius 3 is 2.31 bits per heavy atom. The second kappa shape index (κ2) is 7.35. The first-order valence-electron chi connectivity index (χ1n) is 7.69. The van der Waals surface area contributed by atoms with Crippen LogP contribution in [0.1, 0.15) is 79.1 Å². The fourth-order valence-corrected chi connectivity index (χ4v) is 3.72. The van der Waals surface area contributed by atoms with Crippen molar-refractivity contribution in [1.29, 1.82) is 0 Å². The summed E-state index contributed by atoms with van der Waals surface area (Å²) >= 11 is 0. The Hall–Kier alpha value is 0. The lowest BCUT2D eigenvalue weighted by atomic mass is 9.67. The molecule has 1 aliphatic rings. The standard InChI is InChI=1S/C16H32/c1-5-7-9-14-10-11-16(13(3)4)15(12-14)8-6-2/h13-16H,5-12H2,1-4H3. The minimum Gasteiger partial charge on any atom is -0.0654 e. The van der Waals surface area contributed by atoms with Crippen molar-refractivity contribution >= 4 is 0 Å². The normalized spacial score (nSPS) is 30.9. The number of hydrogen-bond donors (Lipinski definition) is 0. The summed E-state index contributed by atoms with van der Waals surface area (Å²) in [5.74, 6) is 4.04. The van der Waals surface area contributed by atoms with Gasteiger partial charge in [0.25, 0.3) is 0 Å². The van der Waals surface area contributed by atoms with E-state index in [0.717, 1.165) is 23.7 Å². The SMILES string of the molecule is CCCCC1CCC(C(C)C)C(CCC)C1. The average molecular weight is 224 g/mol. The molecular weight excluding hydrogens is 192 g/mol. The van der Waals surface area contributed by atoms with E-state index in [1.165, 1.54) is 51.4 Å². The molecule has 3 unspecified atom stereocenters. The molecule has 0 spiro atoms. The summed E-state index contributed by atoms with van der Waals surface area (Å²) in [5, 5.41) is 0. The Balaban J connectivity index is 2.44. The topological polar surface area (TPSA) is 0 Å². The molecule has 0 aromatic heterocycles. The van der Waals surface area contributed by atoms with Crippen LogP contribution in [0.25, 0.3) is 0 Å². The second-order valence-corrected chi connectivity index (χ2v) is 6.28. The van der Waals surface area contributed by atoms with E-state index >= 15 is 0 Å². The van der Waals surface area contributed by atoms with Crippen molar-refractivity contribution in [2.45, 2.75) is 79.1 Å². The van der Waals surface area contributed by atoms with Crippen LogP contribution < -0.4 is 0 Å². The molecule has 96 valence electrons. The highest BCUT2D eigenvalue weighted by atomic mass is 14.4. The van der Waals surface area contributed by atoms with Crippen LogP contribution in [0.4, 0.5) is 0 Å². The van der Waals surface area contributed by atoms with Gasteiger partial charge in [-0.25, -0.2) is 0 Å². The maximum Gasteiger partial charge on any atom is -0.0362 e. The zero-order valence-electron chi connectivity index (χ0n) is 12.0. The second-order valence-electron chi connectivity index (χ2n) is 6.28. The third kappa shape index (κ3) is 4.11. The van der Waals surface area contributed by atoms with E-state index < -0.39 is 0 Å². The summed E-state index contributed by atoms with van der Waals surface area (Å²) in [6.07, 6.45) is 11.8. The first-order valence-corrected chi connectivity index (χ1v) is 7.69. The summed E-state index contributed by atoms with van der Waals surface area (Å²) in [5.41, 5.74) is 0. The Morgan fingerprint density at radius 1 is 1.00 bits per heavy atom. The number of hydrogen-bond acceptors (Lipinski definition) is 0. The number of unbranched alkanes of at least 4 members (excludes halogenated alkanes) is 1. The lowest BCUT2D eigenvalue weighted by Crippen LogP contribution is -2.28. The van der Waals surface area contributed by atoms with Gasteiger partial charge in [-0.2, -0.15) is 0 Å². The van der Waals surface area contributed by atoms with Crippen LogP contribution in [0.2, 0.25) is 0 Å². The lowest BCUT2D eigenvalue weighted by Gasteiger charge is -2.38. The molecule has 0 amide bonds. The first-order chi connectivity index (χ1) is 7.69. The molecule has 16 heavy (non-hydrogen) atoms. The molecule has 1 rings (SSSR count). The van der Waals surface area contributed by atoms with Crippen molar-refractivity contribution in [2.75, 3.05) is 0 Å². The monoisotopic (exact) mass is 224 g/mol. The van der Waals surface area contributed by atoms with E-state index in [1.54, 1.807) is 0 Å². The van der Waals surface area contributed by atoms with Crippen LogP contribution in [0.15, 0.2) is 0 Å². The van der Waals surface area contributed by atoms with Crippen molar-refractivity contribution in [3.8, 4) is 0 Å². The van der Waals surface area contributed by atoms with Crippen LogP contribution >= 0.6 is 0 Å². The van der Waals surface area contributed by atoms with Gasteiger partial charge in [0.2, 0.25) is 0 Å². The highest BCUT2D eigenvalue weighted by Crippen LogP contribution is 2.41. The largest absolute Gasteiger partial charge is 0.0654 e. The van der Waals surface area contributed by atoms with E-state index in [2.05, 4.69) is 27.7 Å². The van der Waals surface area contributed by atoms with E-state index in [0.29, 0.717) is 0 Å². The molecule has 0 saturated heterocycles. The summed E-state index contributed by atoms with van der Waals surface area (Å²) in [6.45, 7) is 9.54. The van der Waals surface area contributed by atoms with Gasteiger partial charge in [0, 0.05) is 0 Å². The molecule has 1 fully saturated rings.